The summed E-state index contributed by atoms with van der Waals surface area (Å²) in [7, 11) is 1.93. The molecule has 1 aliphatic rings. The molecule has 1 aromatic carbocycles. The van der Waals surface area contributed by atoms with E-state index in [1.54, 1.807) is 6.07 Å². The van der Waals surface area contributed by atoms with Gasteiger partial charge in [0.25, 0.3) is 0 Å². The van der Waals surface area contributed by atoms with E-state index in [0.29, 0.717) is 31.2 Å². The average molecular weight is 337 g/mol. The fourth-order valence-corrected chi connectivity index (χ4v) is 2.97. The van der Waals surface area contributed by atoms with Crippen LogP contribution in [0.5, 0.6) is 0 Å². The van der Waals surface area contributed by atoms with E-state index < -0.39 is 0 Å². The molecule has 0 N–H and O–H groups in total. The van der Waals surface area contributed by atoms with E-state index in [2.05, 4.69) is 6.07 Å². The molecular formula is C20H23N3O2. The summed E-state index contributed by atoms with van der Waals surface area (Å²) in [6.45, 7) is 3.44. The predicted octanol–water partition coefficient (Wildman–Crippen LogP) is 3.08. The molecule has 130 valence electrons. The van der Waals surface area contributed by atoms with Crippen LogP contribution >= 0.6 is 0 Å². The van der Waals surface area contributed by atoms with Crippen LogP contribution in [0.25, 0.3) is 0 Å². The van der Waals surface area contributed by atoms with Gasteiger partial charge in [-0.3, -0.25) is 9.69 Å². The lowest BCUT2D eigenvalue weighted by Crippen LogP contribution is -2.39. The molecule has 0 saturated heterocycles. The number of furan rings is 1. The molecule has 0 atom stereocenters. The van der Waals surface area contributed by atoms with Crippen molar-refractivity contribution in [1.29, 1.82) is 5.26 Å². The Bertz CT molecular complexity index is 786. The molecule has 0 radical (unpaired) electrons. The van der Waals surface area contributed by atoms with Crippen LogP contribution < -0.4 is 0 Å². The molecule has 1 aliphatic carbocycles. The molecule has 0 unspecified atom stereocenters. The topological polar surface area (TPSA) is 60.5 Å². The van der Waals surface area contributed by atoms with E-state index in [1.807, 2.05) is 54.1 Å². The predicted molar refractivity (Wildman–Crippen MR) is 94.5 cm³/mol. The van der Waals surface area contributed by atoms with Crippen LogP contribution in [0.15, 0.2) is 40.8 Å². The Kier molecular flexibility index (Phi) is 5.20. The van der Waals surface area contributed by atoms with E-state index in [9.17, 15) is 4.79 Å². The average Bonchev–Trinajstić information content (AvgIpc) is 3.34. The Hall–Kier alpha value is -2.58. The van der Waals surface area contributed by atoms with Gasteiger partial charge in [-0.1, -0.05) is 12.1 Å². The van der Waals surface area contributed by atoms with Crippen LogP contribution in [-0.4, -0.2) is 35.3 Å². The highest BCUT2D eigenvalue weighted by Crippen LogP contribution is 2.29. The lowest BCUT2D eigenvalue weighted by molar-refractivity contribution is -0.133. The molecule has 1 aromatic heterocycles. The molecule has 1 heterocycles. The first-order valence-corrected chi connectivity index (χ1v) is 8.57. The van der Waals surface area contributed by atoms with Crippen LogP contribution in [0.3, 0.4) is 0 Å². The zero-order valence-corrected chi connectivity index (χ0v) is 14.7. The first kappa shape index (κ1) is 17.2. The van der Waals surface area contributed by atoms with Crippen LogP contribution in [0.1, 0.15) is 35.5 Å². The van der Waals surface area contributed by atoms with E-state index in [1.165, 1.54) is 0 Å². The third kappa shape index (κ3) is 4.71. The van der Waals surface area contributed by atoms with Crippen molar-refractivity contribution in [2.24, 2.45) is 0 Å². The Labute approximate surface area is 148 Å². The molecule has 0 spiro atoms. The fourth-order valence-electron chi connectivity index (χ4n) is 2.97. The first-order chi connectivity index (χ1) is 12.0. The number of rotatable bonds is 7. The first-order valence-electron chi connectivity index (χ1n) is 8.57. The molecule has 25 heavy (non-hydrogen) atoms. The zero-order chi connectivity index (χ0) is 17.8. The van der Waals surface area contributed by atoms with Crippen LogP contribution in [-0.2, 0) is 17.9 Å². The second-order valence-corrected chi connectivity index (χ2v) is 6.75. The Morgan fingerprint density at radius 3 is 2.72 bits per heavy atom. The number of carbonyl (C=O) groups is 1. The van der Waals surface area contributed by atoms with Gasteiger partial charge in [-0.25, -0.2) is 0 Å². The maximum Gasteiger partial charge on any atom is 0.237 e. The number of carbonyl (C=O) groups excluding carboxylic acids is 1. The standard InChI is InChI=1S/C20H23N3O2/c1-15-6-9-19(25-15)13-23(18-7-8-18)20(24)14-22(2)12-17-5-3-4-16(10-17)11-21/h3-6,9-10,18H,7-8,12-14H2,1-2H3. The highest BCUT2D eigenvalue weighted by Gasteiger charge is 2.33. The highest BCUT2D eigenvalue weighted by atomic mass is 16.3. The van der Waals surface area contributed by atoms with Crippen LogP contribution in [0.4, 0.5) is 0 Å². The van der Waals surface area contributed by atoms with Crippen molar-refractivity contribution in [3.05, 3.63) is 59.0 Å². The second kappa shape index (κ2) is 7.54. The van der Waals surface area contributed by atoms with Crippen molar-refractivity contribution < 1.29 is 9.21 Å². The summed E-state index contributed by atoms with van der Waals surface area (Å²) in [6.07, 6.45) is 2.14. The molecule has 0 bridgehead atoms. The maximum atomic E-state index is 12.7. The van der Waals surface area contributed by atoms with Gasteiger partial charge < -0.3 is 9.32 Å². The smallest absolute Gasteiger partial charge is 0.237 e. The van der Waals surface area contributed by atoms with Crippen molar-refractivity contribution in [2.75, 3.05) is 13.6 Å². The van der Waals surface area contributed by atoms with Crippen molar-refractivity contribution in [3.63, 3.8) is 0 Å². The Balaban J connectivity index is 1.59. The lowest BCUT2D eigenvalue weighted by atomic mass is 10.1. The minimum absolute atomic E-state index is 0.121. The van der Waals surface area contributed by atoms with Crippen LogP contribution in [0, 0.1) is 18.3 Å². The summed E-state index contributed by atoms with van der Waals surface area (Å²) in [4.78, 5) is 16.7. The van der Waals surface area contributed by atoms with Gasteiger partial charge in [0, 0.05) is 12.6 Å². The van der Waals surface area contributed by atoms with E-state index in [4.69, 9.17) is 9.68 Å². The van der Waals surface area contributed by atoms with E-state index >= 15 is 0 Å². The van der Waals surface area contributed by atoms with Crippen molar-refractivity contribution in [3.8, 4) is 6.07 Å². The fraction of sp³-hybridized carbons (Fsp3) is 0.400. The van der Waals surface area contributed by atoms with Gasteiger partial charge in [0.15, 0.2) is 0 Å². The Morgan fingerprint density at radius 1 is 1.28 bits per heavy atom. The third-order valence-corrected chi connectivity index (χ3v) is 4.34. The van der Waals surface area contributed by atoms with Gasteiger partial charge >= 0.3 is 0 Å². The summed E-state index contributed by atoms with van der Waals surface area (Å²) in [5, 5.41) is 8.99. The monoisotopic (exact) mass is 337 g/mol. The summed E-state index contributed by atoms with van der Waals surface area (Å²) in [5.74, 6) is 1.82. The Morgan fingerprint density at radius 2 is 2.08 bits per heavy atom. The summed E-state index contributed by atoms with van der Waals surface area (Å²) in [6, 6.07) is 13.9. The summed E-state index contributed by atoms with van der Waals surface area (Å²) in [5.41, 5.74) is 1.68. The van der Waals surface area contributed by atoms with Crippen molar-refractivity contribution in [2.45, 2.75) is 38.9 Å². The van der Waals surface area contributed by atoms with E-state index in [-0.39, 0.29) is 5.91 Å². The molecule has 1 saturated carbocycles. The van der Waals surface area contributed by atoms with Gasteiger partial charge in [0.1, 0.15) is 11.5 Å². The third-order valence-electron chi connectivity index (χ3n) is 4.34. The highest BCUT2D eigenvalue weighted by molar-refractivity contribution is 5.78. The minimum atomic E-state index is 0.121. The number of hydrogen-bond acceptors (Lipinski definition) is 4. The number of nitrogens with zero attached hydrogens (tertiary/aromatic N) is 3. The molecule has 5 nitrogen and oxygen atoms in total. The quantitative estimate of drug-likeness (QED) is 0.779. The summed E-state index contributed by atoms with van der Waals surface area (Å²) < 4.78 is 5.63. The van der Waals surface area contributed by atoms with Crippen molar-refractivity contribution in [1.82, 2.24) is 9.80 Å². The summed E-state index contributed by atoms with van der Waals surface area (Å²) >= 11 is 0. The van der Waals surface area contributed by atoms with Gasteiger partial charge in [-0.2, -0.15) is 5.26 Å². The SMILES string of the molecule is Cc1ccc(CN(C(=O)CN(C)Cc2cccc(C#N)c2)C2CC2)o1. The molecule has 5 heteroatoms. The molecule has 1 amide bonds. The number of benzene rings is 1. The molecule has 0 aliphatic heterocycles. The molecule has 2 aromatic rings. The maximum absolute atomic E-state index is 12.7. The number of hydrogen-bond donors (Lipinski definition) is 0. The lowest BCUT2D eigenvalue weighted by Gasteiger charge is -2.25. The number of likely N-dealkylation sites (N-methyl/N-ethyl adjacent to an activating group) is 1. The normalized spacial score (nSPS) is 13.7. The largest absolute Gasteiger partial charge is 0.464 e. The zero-order valence-electron chi connectivity index (χ0n) is 14.7. The second-order valence-electron chi connectivity index (χ2n) is 6.75. The number of aryl methyl sites for hydroxylation is 1. The number of amides is 1. The van der Waals surface area contributed by atoms with Gasteiger partial charge in [-0.05, 0) is 56.6 Å². The molecular weight excluding hydrogens is 314 g/mol. The van der Waals surface area contributed by atoms with Gasteiger partial charge in [0.2, 0.25) is 5.91 Å². The van der Waals surface area contributed by atoms with E-state index in [0.717, 1.165) is 29.9 Å². The van der Waals surface area contributed by atoms with Crippen LogP contribution in [0.2, 0.25) is 0 Å². The molecule has 3 rings (SSSR count). The van der Waals surface area contributed by atoms with Gasteiger partial charge in [-0.15, -0.1) is 0 Å². The number of nitriles is 1. The van der Waals surface area contributed by atoms with Gasteiger partial charge in [0.05, 0.1) is 24.7 Å². The minimum Gasteiger partial charge on any atom is -0.464 e. The molecule has 1 fully saturated rings. The van der Waals surface area contributed by atoms with Crippen molar-refractivity contribution >= 4 is 5.91 Å².